The molecule has 2 aromatic carbocycles. The van der Waals surface area contributed by atoms with Gasteiger partial charge in [-0.05, 0) is 44.4 Å². The van der Waals surface area contributed by atoms with E-state index in [0.717, 1.165) is 25.0 Å². The highest BCUT2D eigenvalue weighted by atomic mass is 16.5. The molecule has 27 heavy (non-hydrogen) atoms. The first-order chi connectivity index (χ1) is 13.1. The highest BCUT2D eigenvalue weighted by Gasteiger charge is 2.13. The SMILES string of the molecule is CC.CCCC(Cc1ccccc1)C(C)=O.Cc1ccc(OCCO)cc1. The molecule has 2 rings (SSSR count). The molecule has 0 bridgehead atoms. The van der Waals surface area contributed by atoms with E-state index in [0.29, 0.717) is 12.4 Å². The summed E-state index contributed by atoms with van der Waals surface area (Å²) in [5.41, 5.74) is 2.47. The number of carbonyl (C=O) groups excluding carboxylic acids is 1. The Bertz CT molecular complexity index is 591. The van der Waals surface area contributed by atoms with E-state index in [-0.39, 0.29) is 12.5 Å². The molecule has 0 heterocycles. The molecule has 0 saturated carbocycles. The molecule has 0 saturated heterocycles. The first-order valence-corrected chi connectivity index (χ1v) is 9.91. The van der Waals surface area contributed by atoms with Crippen molar-refractivity contribution >= 4 is 5.78 Å². The summed E-state index contributed by atoms with van der Waals surface area (Å²) in [6, 6.07) is 18.0. The van der Waals surface area contributed by atoms with Crippen LogP contribution in [0.25, 0.3) is 0 Å². The van der Waals surface area contributed by atoms with Gasteiger partial charge in [0.05, 0.1) is 6.61 Å². The maximum Gasteiger partial charge on any atom is 0.133 e. The van der Waals surface area contributed by atoms with Crippen LogP contribution in [0.5, 0.6) is 5.75 Å². The van der Waals surface area contributed by atoms with Crippen LogP contribution in [0.15, 0.2) is 54.6 Å². The molecule has 3 heteroatoms. The summed E-state index contributed by atoms with van der Waals surface area (Å²) in [7, 11) is 0. The van der Waals surface area contributed by atoms with Gasteiger partial charge in [0, 0.05) is 5.92 Å². The Morgan fingerprint density at radius 3 is 2.11 bits per heavy atom. The number of carbonyl (C=O) groups is 1. The minimum absolute atomic E-state index is 0.0634. The van der Waals surface area contributed by atoms with Gasteiger partial charge in [0.2, 0.25) is 0 Å². The Kier molecular flexibility index (Phi) is 14.8. The van der Waals surface area contributed by atoms with Crippen molar-refractivity contribution in [1.82, 2.24) is 0 Å². The Morgan fingerprint density at radius 2 is 1.63 bits per heavy atom. The van der Waals surface area contributed by atoms with Crippen molar-refractivity contribution in [2.45, 2.75) is 53.9 Å². The van der Waals surface area contributed by atoms with Crippen LogP contribution >= 0.6 is 0 Å². The van der Waals surface area contributed by atoms with Crippen LogP contribution in [0.1, 0.15) is 51.7 Å². The molecular formula is C24H36O3. The molecule has 150 valence electrons. The first-order valence-electron chi connectivity index (χ1n) is 9.91. The number of aliphatic hydroxyl groups is 1. The van der Waals surface area contributed by atoms with Crippen molar-refractivity contribution in [2.24, 2.45) is 5.92 Å². The number of benzene rings is 2. The summed E-state index contributed by atoms with van der Waals surface area (Å²) in [6.45, 7) is 10.3. The molecule has 0 aliphatic heterocycles. The van der Waals surface area contributed by atoms with Gasteiger partial charge in [0.15, 0.2) is 0 Å². The lowest BCUT2D eigenvalue weighted by Gasteiger charge is -2.12. The molecule has 3 nitrogen and oxygen atoms in total. The number of hydrogen-bond acceptors (Lipinski definition) is 3. The molecule has 0 aliphatic carbocycles. The van der Waals surface area contributed by atoms with Crippen LogP contribution < -0.4 is 4.74 Å². The molecular weight excluding hydrogens is 336 g/mol. The van der Waals surface area contributed by atoms with Crippen molar-refractivity contribution in [3.8, 4) is 5.75 Å². The summed E-state index contributed by atoms with van der Waals surface area (Å²) in [5.74, 6) is 1.34. The summed E-state index contributed by atoms with van der Waals surface area (Å²) in [6.07, 6.45) is 2.98. The van der Waals surface area contributed by atoms with E-state index in [4.69, 9.17) is 9.84 Å². The average molecular weight is 373 g/mol. The normalized spacial score (nSPS) is 10.6. The maximum atomic E-state index is 11.3. The topological polar surface area (TPSA) is 46.5 Å². The minimum Gasteiger partial charge on any atom is -0.491 e. The van der Waals surface area contributed by atoms with Gasteiger partial charge in [-0.3, -0.25) is 4.79 Å². The zero-order chi connectivity index (χ0) is 20.5. The zero-order valence-corrected chi connectivity index (χ0v) is 17.6. The standard InChI is InChI=1S/C13H18O.C9H12O2.C2H6/c1-3-7-13(11(2)14)10-12-8-5-4-6-9-12;1-8-2-4-9(5-3-8)11-7-6-10;1-2/h4-6,8-9,13H,3,7,10H2,1-2H3;2-5,10H,6-7H2,1H3;1-2H3. The third-order valence-corrected chi connectivity index (χ3v) is 3.92. The van der Waals surface area contributed by atoms with Crippen LogP contribution in [0.2, 0.25) is 0 Å². The first kappa shape index (κ1) is 24.9. The van der Waals surface area contributed by atoms with Gasteiger partial charge in [-0.1, -0.05) is 75.2 Å². The van der Waals surface area contributed by atoms with Crippen molar-refractivity contribution in [1.29, 1.82) is 0 Å². The third kappa shape index (κ3) is 12.0. The Morgan fingerprint density at radius 1 is 1.04 bits per heavy atom. The fourth-order valence-corrected chi connectivity index (χ4v) is 2.49. The number of Topliss-reactive ketones (excluding diaryl/α,β-unsaturated/α-hetero) is 1. The van der Waals surface area contributed by atoms with Crippen LogP contribution in [0.4, 0.5) is 0 Å². The summed E-state index contributed by atoms with van der Waals surface area (Å²) < 4.78 is 5.16. The lowest BCUT2D eigenvalue weighted by molar-refractivity contribution is -0.120. The van der Waals surface area contributed by atoms with Gasteiger partial charge in [0.25, 0.3) is 0 Å². The second-order valence-corrected chi connectivity index (χ2v) is 6.17. The highest BCUT2D eigenvalue weighted by Crippen LogP contribution is 2.15. The summed E-state index contributed by atoms with van der Waals surface area (Å²) in [5, 5.41) is 8.46. The van der Waals surface area contributed by atoms with Gasteiger partial charge in [-0.15, -0.1) is 0 Å². The third-order valence-electron chi connectivity index (χ3n) is 3.92. The van der Waals surface area contributed by atoms with Gasteiger partial charge < -0.3 is 9.84 Å². The van der Waals surface area contributed by atoms with Gasteiger partial charge in [-0.25, -0.2) is 0 Å². The largest absolute Gasteiger partial charge is 0.491 e. The second-order valence-electron chi connectivity index (χ2n) is 6.17. The van der Waals surface area contributed by atoms with E-state index in [9.17, 15) is 4.79 Å². The molecule has 1 N–H and O–H groups in total. The fourth-order valence-electron chi connectivity index (χ4n) is 2.49. The van der Waals surface area contributed by atoms with E-state index in [1.807, 2.05) is 63.2 Å². The number of aryl methyl sites for hydroxylation is 1. The molecule has 1 atom stereocenters. The second kappa shape index (κ2) is 16.1. The van der Waals surface area contributed by atoms with Crippen molar-refractivity contribution in [3.63, 3.8) is 0 Å². The van der Waals surface area contributed by atoms with E-state index in [2.05, 4.69) is 19.1 Å². The lowest BCUT2D eigenvalue weighted by Crippen LogP contribution is -2.13. The number of ether oxygens (including phenoxy) is 1. The fraction of sp³-hybridized carbons (Fsp3) is 0.458. The van der Waals surface area contributed by atoms with E-state index < -0.39 is 0 Å². The predicted molar refractivity (Wildman–Crippen MR) is 114 cm³/mol. The number of aliphatic hydroxyl groups excluding tert-OH is 1. The lowest BCUT2D eigenvalue weighted by atomic mass is 9.92. The molecule has 2 aromatic rings. The molecule has 0 amide bonds. The van der Waals surface area contributed by atoms with Gasteiger partial charge >= 0.3 is 0 Å². The quantitative estimate of drug-likeness (QED) is 0.653. The molecule has 0 aromatic heterocycles. The zero-order valence-electron chi connectivity index (χ0n) is 17.6. The Labute approximate surface area is 165 Å². The highest BCUT2D eigenvalue weighted by molar-refractivity contribution is 5.78. The molecule has 0 spiro atoms. The number of ketones is 1. The summed E-state index contributed by atoms with van der Waals surface area (Å²) >= 11 is 0. The van der Waals surface area contributed by atoms with Gasteiger partial charge in [0.1, 0.15) is 18.1 Å². The van der Waals surface area contributed by atoms with Crippen molar-refractivity contribution in [3.05, 3.63) is 65.7 Å². The monoisotopic (exact) mass is 372 g/mol. The van der Waals surface area contributed by atoms with Crippen LogP contribution in [0, 0.1) is 12.8 Å². The molecule has 0 fully saturated rings. The Balaban J connectivity index is 0.000000469. The average Bonchev–Trinajstić information content (AvgIpc) is 2.70. The maximum absolute atomic E-state index is 11.3. The Hall–Kier alpha value is -2.13. The summed E-state index contributed by atoms with van der Waals surface area (Å²) in [4.78, 5) is 11.3. The van der Waals surface area contributed by atoms with E-state index >= 15 is 0 Å². The number of rotatable bonds is 8. The molecule has 0 aliphatic rings. The van der Waals surface area contributed by atoms with Gasteiger partial charge in [-0.2, -0.15) is 0 Å². The smallest absolute Gasteiger partial charge is 0.133 e. The molecule has 0 radical (unpaired) electrons. The minimum atomic E-state index is 0.0634. The predicted octanol–water partition coefficient (Wildman–Crippen LogP) is 5.63. The molecule has 1 unspecified atom stereocenters. The van der Waals surface area contributed by atoms with Crippen LogP contribution in [-0.4, -0.2) is 24.1 Å². The van der Waals surface area contributed by atoms with Crippen LogP contribution in [-0.2, 0) is 11.2 Å². The van der Waals surface area contributed by atoms with E-state index in [1.54, 1.807) is 6.92 Å². The number of hydrogen-bond donors (Lipinski definition) is 1. The van der Waals surface area contributed by atoms with E-state index in [1.165, 1.54) is 11.1 Å². The van der Waals surface area contributed by atoms with Crippen molar-refractivity contribution in [2.75, 3.05) is 13.2 Å². The van der Waals surface area contributed by atoms with Crippen molar-refractivity contribution < 1.29 is 14.6 Å². The van der Waals surface area contributed by atoms with Crippen LogP contribution in [0.3, 0.4) is 0 Å².